The summed E-state index contributed by atoms with van der Waals surface area (Å²) in [5, 5.41) is 12.4. The Morgan fingerprint density at radius 2 is 2.10 bits per heavy atom. The Labute approximate surface area is 191 Å². The molecule has 1 saturated heterocycles. The fourth-order valence-corrected chi connectivity index (χ4v) is 4.79. The van der Waals surface area contributed by atoms with Gasteiger partial charge in [0.05, 0.1) is 27.0 Å². The second-order valence-electron chi connectivity index (χ2n) is 6.00. The molecule has 2 aromatic rings. The molecular weight excluding hydrogens is 473 g/mol. The number of halogens is 2. The zero-order valence-electron chi connectivity index (χ0n) is 15.0. The highest BCUT2D eigenvalue weighted by molar-refractivity contribution is 8.26. The molecular formula is C19H14Cl2NO4S3-. The molecule has 0 saturated carbocycles. The predicted octanol–water partition coefficient (Wildman–Crippen LogP) is 4.33. The topological polar surface area (TPSA) is 73.6 Å². The van der Waals surface area contributed by atoms with Crippen molar-refractivity contribution in [2.45, 2.75) is 12.5 Å². The SMILES string of the molecule is CSCC[C@H](C(=O)[O-])N1C(=O)/C(=C\c2ccc(-c3ccc(Cl)c(Cl)c3)o2)SC1=S. The number of nitrogens with zero attached hydrogens (tertiary/aromatic N) is 1. The summed E-state index contributed by atoms with van der Waals surface area (Å²) in [7, 11) is 0. The average Bonchev–Trinajstić information content (AvgIpc) is 3.24. The van der Waals surface area contributed by atoms with Crippen LogP contribution in [0.15, 0.2) is 39.7 Å². The number of carboxylic acids is 1. The number of hydrogen-bond donors (Lipinski definition) is 0. The van der Waals surface area contributed by atoms with E-state index in [2.05, 4.69) is 0 Å². The number of amides is 1. The number of thiocarbonyl (C=S) groups is 1. The second kappa shape index (κ2) is 9.57. The van der Waals surface area contributed by atoms with Crippen LogP contribution < -0.4 is 5.11 Å². The molecule has 3 rings (SSSR count). The smallest absolute Gasteiger partial charge is 0.266 e. The summed E-state index contributed by atoms with van der Waals surface area (Å²) in [6.07, 6.45) is 3.66. The molecule has 0 N–H and O–H groups in total. The van der Waals surface area contributed by atoms with Gasteiger partial charge in [-0.05, 0) is 48.8 Å². The van der Waals surface area contributed by atoms with Gasteiger partial charge >= 0.3 is 0 Å². The number of carboxylic acid groups (broad SMARTS) is 1. The van der Waals surface area contributed by atoms with Gasteiger partial charge in [-0.3, -0.25) is 9.69 Å². The molecule has 1 aromatic carbocycles. The van der Waals surface area contributed by atoms with Crippen molar-refractivity contribution >= 4 is 81.2 Å². The first kappa shape index (κ1) is 22.2. The first-order valence-corrected chi connectivity index (χ1v) is 11.7. The Morgan fingerprint density at radius 3 is 2.76 bits per heavy atom. The summed E-state index contributed by atoms with van der Waals surface area (Å²) >= 11 is 19.7. The Bertz CT molecular complexity index is 1010. The lowest BCUT2D eigenvalue weighted by molar-refractivity contribution is -0.310. The summed E-state index contributed by atoms with van der Waals surface area (Å²) in [5.74, 6) is -0.238. The number of thioether (sulfide) groups is 2. The standard InChI is InChI=1S/C19H15Cl2NO4S3/c1-28-7-6-14(18(24)25)22-17(23)16(29-19(22)27)9-11-3-5-15(26-11)10-2-4-12(20)13(21)8-10/h2-5,8-9,14H,6-7H2,1H3,(H,24,25)/p-1/b16-9+/t14-/m1/s1. The van der Waals surface area contributed by atoms with Crippen LogP contribution in [0.5, 0.6) is 0 Å². The first-order valence-electron chi connectivity index (χ1n) is 8.34. The highest BCUT2D eigenvalue weighted by Crippen LogP contribution is 2.36. The first-order chi connectivity index (χ1) is 13.8. The summed E-state index contributed by atoms with van der Waals surface area (Å²) in [4.78, 5) is 25.7. The molecule has 0 radical (unpaired) electrons. The highest BCUT2D eigenvalue weighted by Gasteiger charge is 2.37. The number of carbonyl (C=O) groups is 2. The second-order valence-corrected chi connectivity index (χ2v) is 9.47. The van der Waals surface area contributed by atoms with E-state index < -0.39 is 17.9 Å². The van der Waals surface area contributed by atoms with E-state index in [1.165, 1.54) is 11.8 Å². The van der Waals surface area contributed by atoms with Crippen LogP contribution in [-0.4, -0.2) is 39.1 Å². The molecule has 0 aliphatic carbocycles. The van der Waals surface area contributed by atoms with Crippen molar-refractivity contribution < 1.29 is 19.1 Å². The minimum absolute atomic E-state index is 0.188. The molecule has 1 fully saturated rings. The van der Waals surface area contributed by atoms with Gasteiger partial charge in [-0.1, -0.05) is 47.2 Å². The predicted molar refractivity (Wildman–Crippen MR) is 121 cm³/mol. The van der Waals surface area contributed by atoms with E-state index in [1.807, 2.05) is 6.26 Å². The van der Waals surface area contributed by atoms with Crippen molar-refractivity contribution in [2.24, 2.45) is 0 Å². The molecule has 2 heterocycles. The molecule has 29 heavy (non-hydrogen) atoms. The Hall–Kier alpha value is -1.45. The third-order valence-electron chi connectivity index (χ3n) is 4.11. The number of hydrogen-bond acceptors (Lipinski definition) is 7. The minimum Gasteiger partial charge on any atom is -0.548 e. The van der Waals surface area contributed by atoms with Crippen LogP contribution >= 0.6 is 58.9 Å². The van der Waals surface area contributed by atoms with Crippen LogP contribution in [-0.2, 0) is 9.59 Å². The summed E-state index contributed by atoms with van der Waals surface area (Å²) < 4.78 is 5.97. The van der Waals surface area contributed by atoms with Crippen LogP contribution in [0.25, 0.3) is 17.4 Å². The lowest BCUT2D eigenvalue weighted by Crippen LogP contribution is -2.50. The van der Waals surface area contributed by atoms with E-state index >= 15 is 0 Å². The number of aliphatic carboxylic acids is 1. The van der Waals surface area contributed by atoms with Gasteiger partial charge in [-0.15, -0.1) is 0 Å². The molecule has 0 spiro atoms. The number of rotatable bonds is 7. The normalized spacial score (nSPS) is 16.7. The summed E-state index contributed by atoms with van der Waals surface area (Å²) in [5.41, 5.74) is 0.737. The molecule has 1 aliphatic rings. The zero-order chi connectivity index (χ0) is 21.1. The molecule has 1 aromatic heterocycles. The van der Waals surface area contributed by atoms with E-state index in [0.29, 0.717) is 32.2 Å². The third-order valence-corrected chi connectivity index (χ3v) is 6.82. The van der Waals surface area contributed by atoms with Gasteiger partial charge in [-0.25, -0.2) is 0 Å². The van der Waals surface area contributed by atoms with Gasteiger partial charge in [0.2, 0.25) is 0 Å². The average molecular weight is 487 g/mol. The lowest BCUT2D eigenvalue weighted by Gasteiger charge is -2.27. The monoisotopic (exact) mass is 486 g/mol. The fourth-order valence-electron chi connectivity index (χ4n) is 2.69. The maximum Gasteiger partial charge on any atom is 0.266 e. The highest BCUT2D eigenvalue weighted by atomic mass is 35.5. The largest absolute Gasteiger partial charge is 0.548 e. The van der Waals surface area contributed by atoms with Crippen LogP contribution in [0.1, 0.15) is 12.2 Å². The van der Waals surface area contributed by atoms with Crippen molar-refractivity contribution in [1.82, 2.24) is 4.90 Å². The lowest BCUT2D eigenvalue weighted by atomic mass is 10.2. The van der Waals surface area contributed by atoms with Crippen LogP contribution in [0.4, 0.5) is 0 Å². The number of carbonyl (C=O) groups excluding carboxylic acids is 2. The van der Waals surface area contributed by atoms with Gasteiger partial charge in [-0.2, -0.15) is 11.8 Å². The van der Waals surface area contributed by atoms with Crippen molar-refractivity contribution in [3.63, 3.8) is 0 Å². The van der Waals surface area contributed by atoms with E-state index in [9.17, 15) is 14.7 Å². The molecule has 10 heteroatoms. The number of benzene rings is 1. The van der Waals surface area contributed by atoms with Gasteiger partial charge < -0.3 is 14.3 Å². The van der Waals surface area contributed by atoms with Gasteiger partial charge in [0.1, 0.15) is 15.8 Å². The van der Waals surface area contributed by atoms with Crippen LogP contribution in [0, 0.1) is 0 Å². The Morgan fingerprint density at radius 1 is 1.34 bits per heavy atom. The summed E-state index contributed by atoms with van der Waals surface area (Å²) in [6.45, 7) is 0. The van der Waals surface area contributed by atoms with Crippen molar-refractivity contribution in [1.29, 1.82) is 0 Å². The number of furan rings is 1. The minimum atomic E-state index is -1.32. The van der Waals surface area contributed by atoms with E-state index in [-0.39, 0.29) is 10.7 Å². The van der Waals surface area contributed by atoms with E-state index in [0.717, 1.165) is 22.2 Å². The Balaban J connectivity index is 1.83. The van der Waals surface area contributed by atoms with E-state index in [4.69, 9.17) is 39.8 Å². The maximum atomic E-state index is 12.8. The third kappa shape index (κ3) is 5.00. The Kier molecular flexibility index (Phi) is 7.34. The molecule has 1 atom stereocenters. The van der Waals surface area contributed by atoms with Crippen LogP contribution in [0.2, 0.25) is 10.0 Å². The van der Waals surface area contributed by atoms with Gasteiger partial charge in [0.25, 0.3) is 5.91 Å². The quantitative estimate of drug-likeness (QED) is 0.425. The maximum absolute atomic E-state index is 12.8. The molecule has 5 nitrogen and oxygen atoms in total. The zero-order valence-corrected chi connectivity index (χ0v) is 19.0. The fraction of sp³-hybridized carbons (Fsp3) is 0.211. The van der Waals surface area contributed by atoms with Crippen LogP contribution in [0.3, 0.4) is 0 Å². The van der Waals surface area contributed by atoms with Crippen molar-refractivity contribution in [3.8, 4) is 11.3 Å². The van der Waals surface area contributed by atoms with E-state index in [1.54, 1.807) is 36.4 Å². The molecule has 0 bridgehead atoms. The molecule has 1 amide bonds. The summed E-state index contributed by atoms with van der Waals surface area (Å²) in [6, 6.07) is 7.47. The molecule has 0 unspecified atom stereocenters. The van der Waals surface area contributed by atoms with Gasteiger partial charge in [0.15, 0.2) is 0 Å². The molecule has 152 valence electrons. The molecule has 1 aliphatic heterocycles. The van der Waals surface area contributed by atoms with Crippen molar-refractivity contribution in [2.75, 3.05) is 12.0 Å². The van der Waals surface area contributed by atoms with Gasteiger partial charge in [0, 0.05) is 11.6 Å². The van der Waals surface area contributed by atoms with Crippen molar-refractivity contribution in [3.05, 3.63) is 51.0 Å².